The number of aliphatic hydroxyl groups excluding tert-OH is 1. The summed E-state index contributed by atoms with van der Waals surface area (Å²) in [5.74, 6) is 0.0220. The minimum atomic E-state index is -0.119. The molecule has 1 heterocycles. The first-order valence-electron chi connectivity index (χ1n) is 6.20. The minimum absolute atomic E-state index is 0.0220. The van der Waals surface area contributed by atoms with Crippen molar-refractivity contribution in [2.24, 2.45) is 0 Å². The molecule has 5 nitrogen and oxygen atoms in total. The van der Waals surface area contributed by atoms with Gasteiger partial charge in [-0.25, -0.2) is 0 Å². The first-order chi connectivity index (χ1) is 9.22. The lowest BCUT2D eigenvalue weighted by Crippen LogP contribution is -2.43. The van der Waals surface area contributed by atoms with Crippen LogP contribution in [0, 0.1) is 0 Å². The number of hydrogen-bond donors (Lipinski definition) is 2. The van der Waals surface area contributed by atoms with E-state index >= 15 is 0 Å². The standard InChI is InChI=1S/C13H17ClN2O3/c14-13-10(9-17)2-1-3-11(13)15-8-12(18)16-4-6-19-7-5-16/h1-3,15,17H,4-9H2. The Kier molecular flexibility index (Phi) is 5.01. The average Bonchev–Trinajstić information content (AvgIpc) is 2.47. The predicted molar refractivity (Wildman–Crippen MR) is 73.3 cm³/mol. The van der Waals surface area contributed by atoms with Crippen LogP contribution < -0.4 is 5.32 Å². The molecule has 1 aliphatic rings. The molecule has 0 spiro atoms. The molecule has 0 atom stereocenters. The molecule has 0 bridgehead atoms. The largest absolute Gasteiger partial charge is 0.392 e. The molecule has 2 N–H and O–H groups in total. The first kappa shape index (κ1) is 14.1. The Morgan fingerprint density at radius 2 is 2.16 bits per heavy atom. The van der Waals surface area contributed by atoms with Crippen LogP contribution in [0.25, 0.3) is 0 Å². The number of nitrogens with zero attached hydrogens (tertiary/aromatic N) is 1. The van der Waals surface area contributed by atoms with Gasteiger partial charge in [0.1, 0.15) is 0 Å². The third kappa shape index (κ3) is 3.59. The van der Waals surface area contributed by atoms with Crippen LogP contribution in [0.2, 0.25) is 5.02 Å². The summed E-state index contributed by atoms with van der Waals surface area (Å²) in [7, 11) is 0. The lowest BCUT2D eigenvalue weighted by Gasteiger charge is -2.27. The number of aliphatic hydroxyl groups is 1. The van der Waals surface area contributed by atoms with Crippen molar-refractivity contribution in [2.75, 3.05) is 38.2 Å². The van der Waals surface area contributed by atoms with Crippen molar-refractivity contribution in [3.63, 3.8) is 0 Å². The molecule has 0 saturated carbocycles. The van der Waals surface area contributed by atoms with Crippen LogP contribution in [0.1, 0.15) is 5.56 Å². The van der Waals surface area contributed by atoms with E-state index in [1.165, 1.54) is 0 Å². The van der Waals surface area contributed by atoms with E-state index < -0.39 is 0 Å². The van der Waals surface area contributed by atoms with Crippen molar-refractivity contribution < 1.29 is 14.6 Å². The van der Waals surface area contributed by atoms with E-state index in [-0.39, 0.29) is 19.1 Å². The lowest BCUT2D eigenvalue weighted by atomic mass is 10.2. The monoisotopic (exact) mass is 284 g/mol. The maximum atomic E-state index is 12.0. The Bertz CT molecular complexity index is 448. The number of carbonyl (C=O) groups is 1. The summed E-state index contributed by atoms with van der Waals surface area (Å²) in [6, 6.07) is 5.32. The molecule has 104 valence electrons. The molecule has 0 unspecified atom stereocenters. The number of halogens is 1. The van der Waals surface area contributed by atoms with E-state index in [9.17, 15) is 4.79 Å². The second-order valence-electron chi connectivity index (χ2n) is 4.28. The second kappa shape index (κ2) is 6.75. The van der Waals surface area contributed by atoms with Crippen molar-refractivity contribution >= 4 is 23.2 Å². The highest BCUT2D eigenvalue weighted by atomic mass is 35.5. The molecule has 1 amide bonds. The van der Waals surface area contributed by atoms with Gasteiger partial charge >= 0.3 is 0 Å². The Morgan fingerprint density at radius 1 is 1.42 bits per heavy atom. The van der Waals surface area contributed by atoms with Crippen LogP contribution in [0.5, 0.6) is 0 Å². The van der Waals surface area contributed by atoms with Gasteiger partial charge in [0.2, 0.25) is 5.91 Å². The van der Waals surface area contributed by atoms with E-state index in [1.54, 1.807) is 23.1 Å². The molecule has 1 aromatic carbocycles. The van der Waals surface area contributed by atoms with Gasteiger partial charge in [-0.1, -0.05) is 23.7 Å². The van der Waals surface area contributed by atoms with Crippen LogP contribution in [0.4, 0.5) is 5.69 Å². The van der Waals surface area contributed by atoms with Gasteiger partial charge in [0.25, 0.3) is 0 Å². The Labute approximate surface area is 117 Å². The second-order valence-corrected chi connectivity index (χ2v) is 4.66. The highest BCUT2D eigenvalue weighted by Crippen LogP contribution is 2.25. The van der Waals surface area contributed by atoms with Crippen molar-refractivity contribution in [2.45, 2.75) is 6.61 Å². The summed E-state index contributed by atoms with van der Waals surface area (Å²) in [4.78, 5) is 13.7. The number of ether oxygens (including phenoxy) is 1. The molecular formula is C13H17ClN2O3. The van der Waals surface area contributed by atoms with Gasteiger partial charge in [-0.2, -0.15) is 0 Å². The number of rotatable bonds is 4. The molecule has 1 saturated heterocycles. The molecule has 6 heteroatoms. The normalized spacial score (nSPS) is 15.4. The molecule has 0 radical (unpaired) electrons. The maximum Gasteiger partial charge on any atom is 0.242 e. The fourth-order valence-electron chi connectivity index (χ4n) is 1.93. The van der Waals surface area contributed by atoms with E-state index in [0.717, 1.165) is 0 Å². The van der Waals surface area contributed by atoms with Gasteiger partial charge in [0.15, 0.2) is 0 Å². The Morgan fingerprint density at radius 3 is 2.84 bits per heavy atom. The van der Waals surface area contributed by atoms with E-state index in [1.807, 2.05) is 0 Å². The number of hydrogen-bond acceptors (Lipinski definition) is 4. The number of nitrogens with one attached hydrogen (secondary N) is 1. The average molecular weight is 285 g/mol. The third-order valence-corrected chi connectivity index (χ3v) is 3.49. The van der Waals surface area contributed by atoms with Gasteiger partial charge in [0, 0.05) is 13.1 Å². The van der Waals surface area contributed by atoms with Gasteiger partial charge in [-0.05, 0) is 11.6 Å². The lowest BCUT2D eigenvalue weighted by molar-refractivity contribution is -0.133. The molecule has 19 heavy (non-hydrogen) atoms. The van der Waals surface area contributed by atoms with E-state index in [0.29, 0.717) is 42.6 Å². The number of morpholine rings is 1. The Hall–Kier alpha value is -1.30. The zero-order valence-corrected chi connectivity index (χ0v) is 11.3. The smallest absolute Gasteiger partial charge is 0.242 e. The number of anilines is 1. The number of benzene rings is 1. The molecule has 1 aromatic rings. The molecule has 1 fully saturated rings. The zero-order chi connectivity index (χ0) is 13.7. The van der Waals surface area contributed by atoms with E-state index in [4.69, 9.17) is 21.4 Å². The molecule has 0 aromatic heterocycles. The molecular weight excluding hydrogens is 268 g/mol. The van der Waals surface area contributed by atoms with Crippen molar-refractivity contribution in [3.8, 4) is 0 Å². The van der Waals surface area contributed by atoms with Crippen LogP contribution in [-0.2, 0) is 16.1 Å². The van der Waals surface area contributed by atoms with Crippen molar-refractivity contribution in [1.29, 1.82) is 0 Å². The summed E-state index contributed by atoms with van der Waals surface area (Å²) in [5, 5.41) is 12.6. The van der Waals surface area contributed by atoms with Crippen LogP contribution in [0.3, 0.4) is 0 Å². The summed E-state index contributed by atoms with van der Waals surface area (Å²) < 4.78 is 5.20. The van der Waals surface area contributed by atoms with Crippen molar-refractivity contribution in [1.82, 2.24) is 4.90 Å². The number of amides is 1. The molecule has 0 aliphatic carbocycles. The van der Waals surface area contributed by atoms with Crippen LogP contribution >= 0.6 is 11.6 Å². The fraction of sp³-hybridized carbons (Fsp3) is 0.462. The topological polar surface area (TPSA) is 61.8 Å². The van der Waals surface area contributed by atoms with Crippen LogP contribution in [-0.4, -0.2) is 48.8 Å². The summed E-state index contributed by atoms with van der Waals surface area (Å²) in [6.07, 6.45) is 0. The summed E-state index contributed by atoms with van der Waals surface area (Å²) in [5.41, 5.74) is 1.31. The Balaban J connectivity index is 1.93. The summed E-state index contributed by atoms with van der Waals surface area (Å²) >= 11 is 6.11. The quantitative estimate of drug-likeness (QED) is 0.869. The SMILES string of the molecule is O=C(CNc1cccc(CO)c1Cl)N1CCOCC1. The first-order valence-corrected chi connectivity index (χ1v) is 6.58. The van der Waals surface area contributed by atoms with E-state index in [2.05, 4.69) is 5.32 Å². The summed E-state index contributed by atoms with van der Waals surface area (Å²) in [6.45, 7) is 2.51. The van der Waals surface area contributed by atoms with Crippen molar-refractivity contribution in [3.05, 3.63) is 28.8 Å². The highest BCUT2D eigenvalue weighted by molar-refractivity contribution is 6.34. The third-order valence-electron chi connectivity index (χ3n) is 3.04. The molecule has 2 rings (SSSR count). The molecule has 1 aliphatic heterocycles. The maximum absolute atomic E-state index is 12.0. The van der Waals surface area contributed by atoms with Gasteiger partial charge in [-0.3, -0.25) is 4.79 Å². The van der Waals surface area contributed by atoms with Gasteiger partial charge < -0.3 is 20.1 Å². The zero-order valence-electron chi connectivity index (χ0n) is 10.6. The van der Waals surface area contributed by atoms with Crippen LogP contribution in [0.15, 0.2) is 18.2 Å². The van der Waals surface area contributed by atoms with Gasteiger partial charge in [0.05, 0.1) is 37.1 Å². The highest BCUT2D eigenvalue weighted by Gasteiger charge is 2.16. The predicted octanol–water partition coefficient (Wildman–Crippen LogP) is 1.10. The number of carbonyl (C=O) groups excluding carboxylic acids is 1. The minimum Gasteiger partial charge on any atom is -0.392 e. The fourth-order valence-corrected chi connectivity index (χ4v) is 2.19. The van der Waals surface area contributed by atoms with Gasteiger partial charge in [-0.15, -0.1) is 0 Å².